The number of aliphatic carboxylic acids is 1. The molecule has 0 aliphatic carbocycles. The number of benzene rings is 2. The quantitative estimate of drug-likeness (QED) is 0.805. The molecule has 7 heteroatoms. The summed E-state index contributed by atoms with van der Waals surface area (Å²) in [6, 6.07) is 14.3. The summed E-state index contributed by atoms with van der Waals surface area (Å²) >= 11 is 0. The fourth-order valence-electron chi connectivity index (χ4n) is 2.92. The maximum Gasteiger partial charge on any atom is 0.341 e. The third-order valence-electron chi connectivity index (χ3n) is 4.35. The van der Waals surface area contributed by atoms with Gasteiger partial charge in [-0.1, -0.05) is 30.3 Å². The minimum atomic E-state index is -1.04. The number of likely N-dealkylation sites (N-methyl/N-ethyl adjacent to an activating group) is 1. The Labute approximate surface area is 156 Å². The molecule has 1 heterocycles. The zero-order valence-electron chi connectivity index (χ0n) is 14.9. The first-order chi connectivity index (χ1) is 12.9. The standard InChI is InChI=1S/C20H20N2O5/c1-21(10-14-6-8-16(9-7-14)27-13-19(24)25)18(23)12-22-11-15-4-2-3-5-17(15)20(22)26/h2-9H,10-13H2,1H3,(H,24,25). The van der Waals surface area contributed by atoms with Crippen molar-refractivity contribution in [1.29, 1.82) is 0 Å². The van der Waals surface area contributed by atoms with Crippen LogP contribution in [-0.4, -0.2) is 52.9 Å². The Morgan fingerprint density at radius 3 is 2.52 bits per heavy atom. The molecule has 3 rings (SSSR count). The number of fused-ring (bicyclic) bond motifs is 1. The summed E-state index contributed by atoms with van der Waals surface area (Å²) in [5.41, 5.74) is 2.48. The van der Waals surface area contributed by atoms with Crippen molar-refractivity contribution in [3.05, 3.63) is 65.2 Å². The van der Waals surface area contributed by atoms with Crippen molar-refractivity contribution in [2.24, 2.45) is 0 Å². The number of amides is 2. The lowest BCUT2D eigenvalue weighted by atomic mass is 10.1. The number of rotatable bonds is 7. The molecule has 1 aliphatic heterocycles. The van der Waals surface area contributed by atoms with Crippen LogP contribution in [0.25, 0.3) is 0 Å². The molecule has 1 aliphatic rings. The third-order valence-corrected chi connectivity index (χ3v) is 4.35. The van der Waals surface area contributed by atoms with Crippen LogP contribution in [0.5, 0.6) is 5.75 Å². The van der Waals surface area contributed by atoms with Crippen LogP contribution in [0, 0.1) is 0 Å². The molecular weight excluding hydrogens is 348 g/mol. The molecule has 140 valence electrons. The minimum Gasteiger partial charge on any atom is -0.482 e. The highest BCUT2D eigenvalue weighted by molar-refractivity contribution is 6.00. The summed E-state index contributed by atoms with van der Waals surface area (Å²) in [6.07, 6.45) is 0. The van der Waals surface area contributed by atoms with Crippen LogP contribution in [0.4, 0.5) is 0 Å². The van der Waals surface area contributed by atoms with E-state index in [0.717, 1.165) is 11.1 Å². The molecular formula is C20H20N2O5. The molecule has 0 spiro atoms. The predicted molar refractivity (Wildman–Crippen MR) is 97.2 cm³/mol. The summed E-state index contributed by atoms with van der Waals surface area (Å²) in [7, 11) is 1.69. The molecule has 7 nitrogen and oxygen atoms in total. The summed E-state index contributed by atoms with van der Waals surface area (Å²) in [5, 5.41) is 8.61. The molecule has 0 unspecified atom stereocenters. The average Bonchev–Trinajstić information content (AvgIpc) is 2.97. The van der Waals surface area contributed by atoms with Gasteiger partial charge in [0, 0.05) is 25.7 Å². The van der Waals surface area contributed by atoms with Gasteiger partial charge in [-0.2, -0.15) is 0 Å². The number of nitrogens with zero attached hydrogens (tertiary/aromatic N) is 2. The topological polar surface area (TPSA) is 87.2 Å². The first kappa shape index (κ1) is 18.4. The molecule has 2 amide bonds. The van der Waals surface area contributed by atoms with Gasteiger partial charge >= 0.3 is 5.97 Å². The Bertz CT molecular complexity index is 863. The molecule has 2 aromatic rings. The number of hydrogen-bond donors (Lipinski definition) is 1. The van der Waals surface area contributed by atoms with Crippen molar-refractivity contribution in [2.45, 2.75) is 13.1 Å². The Kier molecular flexibility index (Phi) is 5.40. The molecule has 0 radical (unpaired) electrons. The van der Waals surface area contributed by atoms with E-state index in [9.17, 15) is 14.4 Å². The van der Waals surface area contributed by atoms with Gasteiger partial charge in [0.1, 0.15) is 12.3 Å². The van der Waals surface area contributed by atoms with Crippen LogP contribution >= 0.6 is 0 Å². The number of carboxylic acids is 1. The van der Waals surface area contributed by atoms with Gasteiger partial charge < -0.3 is 19.6 Å². The monoisotopic (exact) mass is 368 g/mol. The van der Waals surface area contributed by atoms with Crippen molar-refractivity contribution in [3.63, 3.8) is 0 Å². The van der Waals surface area contributed by atoms with Gasteiger partial charge in [0.2, 0.25) is 5.91 Å². The van der Waals surface area contributed by atoms with E-state index in [1.54, 1.807) is 47.2 Å². The van der Waals surface area contributed by atoms with Crippen LogP contribution in [0.2, 0.25) is 0 Å². The van der Waals surface area contributed by atoms with Crippen LogP contribution in [-0.2, 0) is 22.7 Å². The second-order valence-electron chi connectivity index (χ2n) is 6.39. The first-order valence-electron chi connectivity index (χ1n) is 8.48. The Morgan fingerprint density at radius 1 is 1.15 bits per heavy atom. The zero-order chi connectivity index (χ0) is 19.4. The van der Waals surface area contributed by atoms with E-state index in [0.29, 0.717) is 24.4 Å². The Morgan fingerprint density at radius 2 is 1.85 bits per heavy atom. The molecule has 27 heavy (non-hydrogen) atoms. The molecule has 2 aromatic carbocycles. The fraction of sp³-hybridized carbons (Fsp3) is 0.250. The van der Waals surface area contributed by atoms with E-state index in [1.165, 1.54) is 0 Å². The summed E-state index contributed by atoms with van der Waals surface area (Å²) in [4.78, 5) is 38.5. The Balaban J connectivity index is 1.54. The molecule has 1 N–H and O–H groups in total. The lowest BCUT2D eigenvalue weighted by Crippen LogP contribution is -2.38. The SMILES string of the molecule is CN(Cc1ccc(OCC(=O)O)cc1)C(=O)CN1Cc2ccccc2C1=O. The van der Waals surface area contributed by atoms with Gasteiger partial charge in [0.25, 0.3) is 5.91 Å². The van der Waals surface area contributed by atoms with Gasteiger partial charge in [-0.05, 0) is 29.3 Å². The summed E-state index contributed by atoms with van der Waals surface area (Å²) < 4.78 is 5.08. The number of hydrogen-bond acceptors (Lipinski definition) is 4. The van der Waals surface area contributed by atoms with Gasteiger partial charge in [-0.15, -0.1) is 0 Å². The second-order valence-corrected chi connectivity index (χ2v) is 6.39. The molecule has 0 saturated carbocycles. The number of carboxylic acid groups (broad SMARTS) is 1. The van der Waals surface area contributed by atoms with Gasteiger partial charge in [0.05, 0.1) is 0 Å². The molecule has 0 fully saturated rings. The van der Waals surface area contributed by atoms with E-state index in [1.807, 2.05) is 18.2 Å². The van der Waals surface area contributed by atoms with Crippen molar-refractivity contribution in [1.82, 2.24) is 9.80 Å². The van der Waals surface area contributed by atoms with Gasteiger partial charge in [-0.3, -0.25) is 9.59 Å². The maximum absolute atomic E-state index is 12.5. The zero-order valence-corrected chi connectivity index (χ0v) is 14.9. The average molecular weight is 368 g/mol. The summed E-state index contributed by atoms with van der Waals surface area (Å²) in [5.74, 6) is -0.854. The smallest absolute Gasteiger partial charge is 0.341 e. The highest BCUT2D eigenvalue weighted by Gasteiger charge is 2.28. The molecule has 0 bridgehead atoms. The largest absolute Gasteiger partial charge is 0.482 e. The fourth-order valence-corrected chi connectivity index (χ4v) is 2.92. The number of carbonyl (C=O) groups excluding carboxylic acids is 2. The van der Waals surface area contributed by atoms with Crippen LogP contribution < -0.4 is 4.74 Å². The first-order valence-corrected chi connectivity index (χ1v) is 8.48. The molecule has 0 aromatic heterocycles. The van der Waals surface area contributed by atoms with E-state index >= 15 is 0 Å². The van der Waals surface area contributed by atoms with Crippen LogP contribution in [0.3, 0.4) is 0 Å². The molecule has 0 saturated heterocycles. The van der Waals surface area contributed by atoms with Gasteiger partial charge in [0.15, 0.2) is 6.61 Å². The van der Waals surface area contributed by atoms with Crippen molar-refractivity contribution >= 4 is 17.8 Å². The summed E-state index contributed by atoms with van der Waals surface area (Å²) in [6.45, 7) is 0.463. The van der Waals surface area contributed by atoms with Gasteiger partial charge in [-0.25, -0.2) is 4.79 Å². The van der Waals surface area contributed by atoms with Crippen molar-refractivity contribution < 1.29 is 24.2 Å². The normalized spacial score (nSPS) is 12.6. The second kappa shape index (κ2) is 7.90. The lowest BCUT2D eigenvalue weighted by Gasteiger charge is -2.21. The van der Waals surface area contributed by atoms with E-state index in [-0.39, 0.29) is 18.4 Å². The number of ether oxygens (including phenoxy) is 1. The lowest BCUT2D eigenvalue weighted by molar-refractivity contribution is -0.139. The Hall–Kier alpha value is -3.35. The van der Waals surface area contributed by atoms with Crippen molar-refractivity contribution in [2.75, 3.05) is 20.2 Å². The highest BCUT2D eigenvalue weighted by atomic mass is 16.5. The maximum atomic E-state index is 12.5. The number of carbonyl (C=O) groups is 3. The third kappa shape index (κ3) is 4.44. The van der Waals surface area contributed by atoms with Crippen LogP contribution in [0.1, 0.15) is 21.5 Å². The molecule has 0 atom stereocenters. The van der Waals surface area contributed by atoms with Crippen LogP contribution in [0.15, 0.2) is 48.5 Å². The highest BCUT2D eigenvalue weighted by Crippen LogP contribution is 2.22. The van der Waals surface area contributed by atoms with E-state index < -0.39 is 12.6 Å². The minimum absolute atomic E-state index is 0.0316. The predicted octanol–water partition coefficient (Wildman–Crippen LogP) is 1.76. The van der Waals surface area contributed by atoms with Crippen molar-refractivity contribution in [3.8, 4) is 5.75 Å². The van der Waals surface area contributed by atoms with E-state index in [2.05, 4.69) is 0 Å². The van der Waals surface area contributed by atoms with E-state index in [4.69, 9.17) is 9.84 Å².